The fourth-order valence-corrected chi connectivity index (χ4v) is 4.08. The molecule has 1 aromatic carbocycles. The zero-order valence-electron chi connectivity index (χ0n) is 14.8. The number of piperazine rings is 1. The Balaban J connectivity index is 1.42. The summed E-state index contributed by atoms with van der Waals surface area (Å²) in [5.41, 5.74) is 0.723. The molecule has 1 aromatic rings. The molecule has 5 heteroatoms. The van der Waals surface area contributed by atoms with Crippen molar-refractivity contribution in [2.24, 2.45) is 0 Å². The van der Waals surface area contributed by atoms with Crippen molar-refractivity contribution in [3.05, 3.63) is 35.4 Å². The first-order chi connectivity index (χ1) is 11.5. The van der Waals surface area contributed by atoms with Crippen LogP contribution in [-0.4, -0.2) is 66.1 Å². The molecule has 2 heterocycles. The Morgan fingerprint density at radius 3 is 1.96 bits per heavy atom. The highest BCUT2D eigenvalue weighted by Crippen LogP contribution is 2.23. The second-order valence-corrected chi connectivity index (χ2v) is 7.41. The van der Waals surface area contributed by atoms with Crippen molar-refractivity contribution >= 4 is 0 Å². The van der Waals surface area contributed by atoms with Crippen LogP contribution in [-0.2, 0) is 6.54 Å². The highest BCUT2D eigenvalue weighted by molar-refractivity contribution is 5.17. The van der Waals surface area contributed by atoms with Crippen LogP contribution >= 0.6 is 0 Å². The molecule has 2 aliphatic heterocycles. The van der Waals surface area contributed by atoms with Crippen molar-refractivity contribution in [1.29, 1.82) is 0 Å². The average molecular weight is 337 g/mol. The van der Waals surface area contributed by atoms with Crippen LogP contribution in [0.15, 0.2) is 18.2 Å². The number of halogens is 2. The number of benzene rings is 1. The summed E-state index contributed by atoms with van der Waals surface area (Å²) in [5.74, 6) is -0.977. The van der Waals surface area contributed by atoms with E-state index < -0.39 is 11.6 Å². The van der Waals surface area contributed by atoms with Crippen LogP contribution in [0.1, 0.15) is 32.3 Å². The van der Waals surface area contributed by atoms with E-state index in [0.717, 1.165) is 50.9 Å². The first kappa shape index (κ1) is 17.8. The van der Waals surface area contributed by atoms with Crippen molar-refractivity contribution in [3.8, 4) is 0 Å². The van der Waals surface area contributed by atoms with Crippen molar-refractivity contribution in [2.75, 3.05) is 39.3 Å². The molecule has 0 spiro atoms. The molecule has 0 radical (unpaired) electrons. The largest absolute Gasteiger partial charge is 0.300 e. The lowest BCUT2D eigenvalue weighted by Gasteiger charge is -2.36. The molecule has 2 atom stereocenters. The van der Waals surface area contributed by atoms with Gasteiger partial charge in [-0.2, -0.15) is 0 Å². The zero-order chi connectivity index (χ0) is 17.1. The summed E-state index contributed by atoms with van der Waals surface area (Å²) < 4.78 is 26.6. The van der Waals surface area contributed by atoms with Gasteiger partial charge in [-0.3, -0.25) is 14.7 Å². The molecular weight excluding hydrogens is 308 g/mol. The Kier molecular flexibility index (Phi) is 5.85. The first-order valence-corrected chi connectivity index (χ1v) is 9.16. The van der Waals surface area contributed by atoms with Crippen molar-refractivity contribution < 1.29 is 8.78 Å². The summed E-state index contributed by atoms with van der Waals surface area (Å²) in [6, 6.07) is 5.23. The third-order valence-corrected chi connectivity index (χ3v) is 5.60. The van der Waals surface area contributed by atoms with Crippen LogP contribution in [0.2, 0.25) is 0 Å². The van der Waals surface area contributed by atoms with Crippen molar-refractivity contribution in [3.63, 3.8) is 0 Å². The Morgan fingerprint density at radius 1 is 0.833 bits per heavy atom. The van der Waals surface area contributed by atoms with Crippen LogP contribution in [0.4, 0.5) is 8.78 Å². The van der Waals surface area contributed by atoms with Crippen LogP contribution in [0.3, 0.4) is 0 Å². The van der Waals surface area contributed by atoms with E-state index in [2.05, 4.69) is 28.5 Å². The second-order valence-electron chi connectivity index (χ2n) is 7.41. The summed E-state index contributed by atoms with van der Waals surface area (Å²) in [6.45, 7) is 11.6. The Labute approximate surface area is 144 Å². The van der Waals surface area contributed by atoms with E-state index in [1.165, 1.54) is 25.0 Å². The fraction of sp³-hybridized carbons (Fsp3) is 0.684. The van der Waals surface area contributed by atoms with Crippen LogP contribution < -0.4 is 0 Å². The molecule has 0 aliphatic carbocycles. The fourth-order valence-electron chi connectivity index (χ4n) is 4.08. The molecule has 0 aromatic heterocycles. The number of nitrogens with zero attached hydrogens (tertiary/aromatic N) is 3. The lowest BCUT2D eigenvalue weighted by molar-refractivity contribution is 0.106. The van der Waals surface area contributed by atoms with E-state index in [1.54, 1.807) is 0 Å². The highest BCUT2D eigenvalue weighted by atomic mass is 19.1. The van der Waals surface area contributed by atoms with E-state index in [0.29, 0.717) is 18.6 Å². The SMILES string of the molecule is C[C@H]1CC[C@H](C)N1CCN1CCN(Cc2cc(F)cc(F)c2)CC1. The molecule has 134 valence electrons. The molecule has 2 aliphatic rings. The Bertz CT molecular complexity index is 513. The van der Waals surface area contributed by atoms with Crippen molar-refractivity contribution in [1.82, 2.24) is 14.7 Å². The maximum absolute atomic E-state index is 13.3. The van der Waals surface area contributed by atoms with Gasteiger partial charge >= 0.3 is 0 Å². The van der Waals surface area contributed by atoms with Gasteiger partial charge in [0, 0.05) is 64.0 Å². The van der Waals surface area contributed by atoms with E-state index in [1.807, 2.05) is 0 Å². The number of rotatable bonds is 5. The molecule has 3 nitrogen and oxygen atoms in total. The molecule has 0 bridgehead atoms. The topological polar surface area (TPSA) is 9.72 Å². The Hall–Kier alpha value is -1.04. The quantitative estimate of drug-likeness (QED) is 0.818. The number of likely N-dealkylation sites (tertiary alicyclic amines) is 1. The monoisotopic (exact) mass is 337 g/mol. The van der Waals surface area contributed by atoms with Gasteiger partial charge in [0.05, 0.1) is 0 Å². The van der Waals surface area contributed by atoms with E-state index in [4.69, 9.17) is 0 Å². The van der Waals surface area contributed by atoms with Gasteiger partial charge in [0.1, 0.15) is 11.6 Å². The maximum Gasteiger partial charge on any atom is 0.126 e. The van der Waals surface area contributed by atoms with Gasteiger partial charge in [0.15, 0.2) is 0 Å². The van der Waals surface area contributed by atoms with Gasteiger partial charge in [-0.15, -0.1) is 0 Å². The minimum absolute atomic E-state index is 0.488. The van der Waals surface area contributed by atoms with E-state index in [-0.39, 0.29) is 0 Å². The lowest BCUT2D eigenvalue weighted by atomic mass is 10.2. The van der Waals surface area contributed by atoms with Gasteiger partial charge in [0.2, 0.25) is 0 Å². The lowest BCUT2D eigenvalue weighted by Crippen LogP contribution is -2.48. The second kappa shape index (κ2) is 7.89. The summed E-state index contributed by atoms with van der Waals surface area (Å²) in [6.07, 6.45) is 2.64. The van der Waals surface area contributed by atoms with Gasteiger partial charge in [-0.05, 0) is 44.4 Å². The Morgan fingerprint density at radius 2 is 1.38 bits per heavy atom. The van der Waals surface area contributed by atoms with Gasteiger partial charge in [0.25, 0.3) is 0 Å². The molecule has 0 unspecified atom stereocenters. The third kappa shape index (κ3) is 4.52. The minimum Gasteiger partial charge on any atom is -0.300 e. The van der Waals surface area contributed by atoms with Crippen LogP contribution in [0.5, 0.6) is 0 Å². The summed E-state index contributed by atoms with van der Waals surface area (Å²) in [5, 5.41) is 0. The maximum atomic E-state index is 13.3. The molecule has 3 rings (SSSR count). The molecule has 24 heavy (non-hydrogen) atoms. The van der Waals surface area contributed by atoms with Gasteiger partial charge < -0.3 is 0 Å². The van der Waals surface area contributed by atoms with Crippen LogP contribution in [0, 0.1) is 11.6 Å². The smallest absolute Gasteiger partial charge is 0.126 e. The standard InChI is InChI=1S/C19H29F2N3/c1-15-3-4-16(2)24(15)10-9-22-5-7-23(8-6-22)14-17-11-18(20)13-19(21)12-17/h11-13,15-16H,3-10,14H2,1-2H3/t15-,16-/m0/s1. The molecular formula is C19H29F2N3. The molecule has 2 saturated heterocycles. The van der Waals surface area contributed by atoms with Gasteiger partial charge in [-0.25, -0.2) is 8.78 Å². The van der Waals surface area contributed by atoms with E-state index in [9.17, 15) is 8.78 Å². The normalized spacial score (nSPS) is 27.0. The number of hydrogen-bond acceptors (Lipinski definition) is 3. The summed E-state index contributed by atoms with van der Waals surface area (Å²) in [4.78, 5) is 7.42. The third-order valence-electron chi connectivity index (χ3n) is 5.60. The first-order valence-electron chi connectivity index (χ1n) is 9.16. The molecule has 0 amide bonds. The number of hydrogen-bond donors (Lipinski definition) is 0. The summed E-state index contributed by atoms with van der Waals surface area (Å²) >= 11 is 0. The molecule has 0 N–H and O–H groups in total. The van der Waals surface area contributed by atoms with Gasteiger partial charge in [-0.1, -0.05) is 0 Å². The zero-order valence-corrected chi connectivity index (χ0v) is 14.8. The highest BCUT2D eigenvalue weighted by Gasteiger charge is 2.27. The van der Waals surface area contributed by atoms with Crippen LogP contribution in [0.25, 0.3) is 0 Å². The minimum atomic E-state index is -0.488. The predicted molar refractivity (Wildman–Crippen MR) is 92.9 cm³/mol. The summed E-state index contributed by atoms with van der Waals surface area (Å²) in [7, 11) is 0. The van der Waals surface area contributed by atoms with Crippen molar-refractivity contribution in [2.45, 2.75) is 45.3 Å². The molecule has 0 saturated carbocycles. The average Bonchev–Trinajstić information content (AvgIpc) is 2.84. The predicted octanol–water partition coefficient (Wildman–Crippen LogP) is 2.96. The molecule has 2 fully saturated rings. The van der Waals surface area contributed by atoms with E-state index >= 15 is 0 Å².